The summed E-state index contributed by atoms with van der Waals surface area (Å²) in [7, 11) is 0. The molecule has 0 saturated carbocycles. The molecule has 1 saturated heterocycles. The van der Waals surface area contributed by atoms with Crippen molar-refractivity contribution in [3.63, 3.8) is 0 Å². The predicted octanol–water partition coefficient (Wildman–Crippen LogP) is 2.09. The summed E-state index contributed by atoms with van der Waals surface area (Å²) in [5, 5.41) is 3.20. The van der Waals surface area contributed by atoms with Gasteiger partial charge < -0.3 is 5.32 Å². The molecule has 1 aliphatic rings. The van der Waals surface area contributed by atoms with E-state index in [4.69, 9.17) is 0 Å². The first-order valence-corrected chi connectivity index (χ1v) is 7.30. The van der Waals surface area contributed by atoms with E-state index in [9.17, 15) is 9.59 Å². The van der Waals surface area contributed by atoms with Gasteiger partial charge in [-0.2, -0.15) is 0 Å². The second-order valence-electron chi connectivity index (χ2n) is 5.20. The summed E-state index contributed by atoms with van der Waals surface area (Å²) in [6.07, 6.45) is 1.92. The fourth-order valence-corrected chi connectivity index (χ4v) is 2.68. The number of carbonyl (C=O) groups excluding carboxylic acids is 2. The fraction of sp³-hybridized carbons (Fsp3) is 0.500. The van der Waals surface area contributed by atoms with Crippen LogP contribution in [0, 0.1) is 0 Å². The highest BCUT2D eigenvalue weighted by atomic mass is 16.2. The van der Waals surface area contributed by atoms with Crippen molar-refractivity contribution in [2.45, 2.75) is 51.7 Å². The Morgan fingerprint density at radius 3 is 2.45 bits per heavy atom. The first-order valence-electron chi connectivity index (χ1n) is 7.30. The summed E-state index contributed by atoms with van der Waals surface area (Å²) >= 11 is 0. The Bertz CT molecular complexity index is 469. The molecule has 0 spiro atoms. The molecule has 1 N–H and O–H groups in total. The molecule has 20 heavy (non-hydrogen) atoms. The fourth-order valence-electron chi connectivity index (χ4n) is 2.68. The van der Waals surface area contributed by atoms with Gasteiger partial charge in [0.05, 0.1) is 12.5 Å². The van der Waals surface area contributed by atoms with E-state index in [1.54, 1.807) is 0 Å². The van der Waals surface area contributed by atoms with E-state index in [2.05, 4.69) is 5.32 Å². The number of hydrogen-bond donors (Lipinski definition) is 1. The molecule has 4 nitrogen and oxygen atoms in total. The predicted molar refractivity (Wildman–Crippen MR) is 77.9 cm³/mol. The standard InChI is InChI=1S/C16H22N2O2/c1-3-13(4-2)18-15(19)10-14(16(18)20)17-11-12-8-6-5-7-9-12/h5-9,13-14,17H,3-4,10-11H2,1-2H3. The van der Waals surface area contributed by atoms with Crippen molar-refractivity contribution in [3.05, 3.63) is 35.9 Å². The van der Waals surface area contributed by atoms with Crippen LogP contribution in [0.5, 0.6) is 0 Å². The van der Waals surface area contributed by atoms with E-state index in [0.29, 0.717) is 6.54 Å². The van der Waals surface area contributed by atoms with Crippen LogP contribution in [0.4, 0.5) is 0 Å². The Hall–Kier alpha value is -1.68. The van der Waals surface area contributed by atoms with Crippen molar-refractivity contribution in [1.29, 1.82) is 0 Å². The number of benzene rings is 1. The molecule has 1 heterocycles. The number of likely N-dealkylation sites (tertiary alicyclic amines) is 1. The van der Waals surface area contributed by atoms with Gasteiger partial charge in [0, 0.05) is 12.6 Å². The molecular formula is C16H22N2O2. The Morgan fingerprint density at radius 1 is 1.20 bits per heavy atom. The molecule has 4 heteroatoms. The van der Waals surface area contributed by atoms with E-state index < -0.39 is 0 Å². The zero-order chi connectivity index (χ0) is 14.5. The molecule has 1 aromatic carbocycles. The van der Waals surface area contributed by atoms with Gasteiger partial charge in [-0.05, 0) is 18.4 Å². The molecule has 1 fully saturated rings. The van der Waals surface area contributed by atoms with Gasteiger partial charge in [-0.15, -0.1) is 0 Å². The normalized spacial score (nSPS) is 19.1. The average molecular weight is 274 g/mol. The Balaban J connectivity index is 1.98. The van der Waals surface area contributed by atoms with Crippen LogP contribution in [0.2, 0.25) is 0 Å². The highest BCUT2D eigenvalue weighted by Gasteiger charge is 2.40. The van der Waals surface area contributed by atoms with Crippen LogP contribution in [-0.4, -0.2) is 28.8 Å². The molecule has 1 unspecified atom stereocenters. The minimum Gasteiger partial charge on any atom is -0.301 e. The average Bonchev–Trinajstić information content (AvgIpc) is 2.75. The second-order valence-corrected chi connectivity index (χ2v) is 5.20. The van der Waals surface area contributed by atoms with Gasteiger partial charge in [0.1, 0.15) is 0 Å². The van der Waals surface area contributed by atoms with Crippen LogP contribution < -0.4 is 5.32 Å². The maximum absolute atomic E-state index is 12.3. The highest BCUT2D eigenvalue weighted by Crippen LogP contribution is 2.20. The molecule has 108 valence electrons. The van der Waals surface area contributed by atoms with E-state index in [1.165, 1.54) is 4.90 Å². The van der Waals surface area contributed by atoms with Gasteiger partial charge in [0.2, 0.25) is 11.8 Å². The minimum atomic E-state index is -0.372. The maximum Gasteiger partial charge on any atom is 0.247 e. The van der Waals surface area contributed by atoms with Gasteiger partial charge in [-0.25, -0.2) is 0 Å². The maximum atomic E-state index is 12.3. The smallest absolute Gasteiger partial charge is 0.247 e. The number of amides is 2. The van der Waals surface area contributed by atoms with Crippen molar-refractivity contribution in [2.75, 3.05) is 0 Å². The van der Waals surface area contributed by atoms with Crippen molar-refractivity contribution in [2.24, 2.45) is 0 Å². The number of nitrogens with zero attached hydrogens (tertiary/aromatic N) is 1. The third-order valence-electron chi connectivity index (χ3n) is 3.89. The third-order valence-corrected chi connectivity index (χ3v) is 3.89. The summed E-state index contributed by atoms with van der Waals surface area (Å²) < 4.78 is 0. The van der Waals surface area contributed by atoms with Crippen LogP contribution in [0.25, 0.3) is 0 Å². The van der Waals surface area contributed by atoms with Crippen molar-refractivity contribution in [1.82, 2.24) is 10.2 Å². The molecule has 1 aromatic rings. The molecule has 2 amide bonds. The van der Waals surface area contributed by atoms with Crippen LogP contribution in [0.1, 0.15) is 38.7 Å². The summed E-state index contributed by atoms with van der Waals surface area (Å²) in [5.74, 6) is -0.117. The summed E-state index contributed by atoms with van der Waals surface area (Å²) in [5.41, 5.74) is 1.12. The zero-order valence-corrected chi connectivity index (χ0v) is 12.1. The molecule has 0 aliphatic carbocycles. The third kappa shape index (κ3) is 3.07. The molecule has 0 radical (unpaired) electrons. The van der Waals surface area contributed by atoms with Crippen LogP contribution >= 0.6 is 0 Å². The molecule has 2 rings (SSSR count). The van der Waals surface area contributed by atoms with E-state index in [0.717, 1.165) is 18.4 Å². The first-order chi connectivity index (χ1) is 9.67. The quantitative estimate of drug-likeness (QED) is 0.808. The SMILES string of the molecule is CCC(CC)N1C(=O)CC(NCc2ccccc2)C1=O. The lowest BCUT2D eigenvalue weighted by Gasteiger charge is -2.24. The van der Waals surface area contributed by atoms with E-state index >= 15 is 0 Å². The van der Waals surface area contributed by atoms with E-state index in [-0.39, 0.29) is 30.3 Å². The second kappa shape index (κ2) is 6.66. The van der Waals surface area contributed by atoms with Gasteiger partial charge in [0.15, 0.2) is 0 Å². The Morgan fingerprint density at radius 2 is 1.85 bits per heavy atom. The number of rotatable bonds is 6. The van der Waals surface area contributed by atoms with E-state index in [1.807, 2.05) is 44.2 Å². The van der Waals surface area contributed by atoms with Gasteiger partial charge in [-0.1, -0.05) is 44.2 Å². The Kier molecular flexibility index (Phi) is 4.90. The molecule has 1 aliphatic heterocycles. The lowest BCUT2D eigenvalue weighted by atomic mass is 10.1. The molecule has 1 atom stereocenters. The van der Waals surface area contributed by atoms with Crippen molar-refractivity contribution in [3.8, 4) is 0 Å². The molecule has 0 aromatic heterocycles. The van der Waals surface area contributed by atoms with Crippen LogP contribution in [0.15, 0.2) is 30.3 Å². The lowest BCUT2D eigenvalue weighted by Crippen LogP contribution is -2.43. The minimum absolute atomic E-state index is 0.0403. The van der Waals surface area contributed by atoms with Crippen LogP contribution in [-0.2, 0) is 16.1 Å². The van der Waals surface area contributed by atoms with Gasteiger partial charge in [0.25, 0.3) is 0 Å². The number of imide groups is 1. The zero-order valence-electron chi connectivity index (χ0n) is 12.1. The summed E-state index contributed by atoms with van der Waals surface area (Å²) in [4.78, 5) is 25.8. The summed E-state index contributed by atoms with van der Waals surface area (Å²) in [6, 6.07) is 9.58. The van der Waals surface area contributed by atoms with Crippen LogP contribution in [0.3, 0.4) is 0 Å². The topological polar surface area (TPSA) is 49.4 Å². The number of hydrogen-bond acceptors (Lipinski definition) is 3. The summed E-state index contributed by atoms with van der Waals surface area (Å²) in [6.45, 7) is 4.64. The van der Waals surface area contributed by atoms with Gasteiger partial charge in [-0.3, -0.25) is 14.5 Å². The lowest BCUT2D eigenvalue weighted by molar-refractivity contribution is -0.141. The highest BCUT2D eigenvalue weighted by molar-refractivity contribution is 6.05. The number of nitrogens with one attached hydrogen (secondary N) is 1. The number of carbonyl (C=O) groups is 2. The molecule has 0 bridgehead atoms. The van der Waals surface area contributed by atoms with Gasteiger partial charge >= 0.3 is 0 Å². The van der Waals surface area contributed by atoms with Crippen molar-refractivity contribution >= 4 is 11.8 Å². The van der Waals surface area contributed by atoms with Crippen molar-refractivity contribution < 1.29 is 9.59 Å². The molecular weight excluding hydrogens is 252 g/mol. The monoisotopic (exact) mass is 274 g/mol. The largest absolute Gasteiger partial charge is 0.301 e. The first kappa shape index (κ1) is 14.7. The Labute approximate surface area is 120 Å².